The van der Waals surface area contributed by atoms with E-state index in [0.29, 0.717) is 30.7 Å². The lowest BCUT2D eigenvalue weighted by molar-refractivity contribution is -0.135. The maximum absolute atomic E-state index is 12.3. The molecule has 0 aliphatic carbocycles. The molecule has 2 aliphatic rings. The molecule has 1 unspecified atom stereocenters. The van der Waals surface area contributed by atoms with E-state index < -0.39 is 0 Å². The minimum absolute atomic E-state index is 0.0821. The molecule has 2 fully saturated rings. The Bertz CT molecular complexity index is 927. The number of carbonyl (C=O) groups excluding carboxylic acids is 1. The Morgan fingerprint density at radius 2 is 1.89 bits per heavy atom. The molecule has 0 radical (unpaired) electrons. The van der Waals surface area contributed by atoms with E-state index in [1.807, 2.05) is 31.9 Å². The quantitative estimate of drug-likeness (QED) is 0.768. The molecule has 8 heteroatoms. The molecular formula is C20H28N6O2. The van der Waals surface area contributed by atoms with Crippen molar-refractivity contribution >= 4 is 5.91 Å². The van der Waals surface area contributed by atoms with E-state index in [1.54, 1.807) is 21.5 Å². The summed E-state index contributed by atoms with van der Waals surface area (Å²) in [4.78, 5) is 28.4. The van der Waals surface area contributed by atoms with Gasteiger partial charge in [-0.25, -0.2) is 9.36 Å². The number of rotatable bonds is 5. The van der Waals surface area contributed by atoms with E-state index in [4.69, 9.17) is 0 Å². The Labute approximate surface area is 164 Å². The van der Waals surface area contributed by atoms with E-state index in [9.17, 15) is 9.59 Å². The molecule has 0 aromatic carbocycles. The highest BCUT2D eigenvalue weighted by atomic mass is 16.2. The number of likely N-dealkylation sites (N-methyl/N-ethyl adjacent to an activating group) is 1. The van der Waals surface area contributed by atoms with Gasteiger partial charge in [-0.2, -0.15) is 5.10 Å². The molecule has 2 aromatic heterocycles. The van der Waals surface area contributed by atoms with Gasteiger partial charge in [0, 0.05) is 56.8 Å². The Morgan fingerprint density at radius 1 is 1.11 bits per heavy atom. The largest absolute Gasteiger partial charge is 0.341 e. The standard InChI is InChI=1S/C20H28N6O2/c1-14-9-15(2)26(21-14)18-7-8-20(28)25(22-18)12-16-10-24(11-16)13-17-5-4-6-19(27)23(17)3/h7-9,16-17H,4-6,10-13H2,1-3H3. The molecule has 4 heterocycles. The molecule has 1 amide bonds. The van der Waals surface area contributed by atoms with Crippen LogP contribution in [0.1, 0.15) is 30.7 Å². The predicted molar refractivity (Wildman–Crippen MR) is 105 cm³/mol. The van der Waals surface area contributed by atoms with E-state index >= 15 is 0 Å². The molecule has 2 aliphatic heterocycles. The van der Waals surface area contributed by atoms with Gasteiger partial charge in [0.15, 0.2) is 5.82 Å². The van der Waals surface area contributed by atoms with Gasteiger partial charge in [0.25, 0.3) is 5.56 Å². The van der Waals surface area contributed by atoms with Gasteiger partial charge in [0.2, 0.25) is 5.91 Å². The minimum Gasteiger partial charge on any atom is -0.341 e. The highest BCUT2D eigenvalue weighted by molar-refractivity contribution is 5.76. The second-order valence-corrected chi connectivity index (χ2v) is 8.19. The van der Waals surface area contributed by atoms with E-state index in [0.717, 1.165) is 43.9 Å². The fourth-order valence-corrected chi connectivity index (χ4v) is 4.30. The van der Waals surface area contributed by atoms with Crippen LogP contribution < -0.4 is 5.56 Å². The van der Waals surface area contributed by atoms with Gasteiger partial charge >= 0.3 is 0 Å². The number of amides is 1. The summed E-state index contributed by atoms with van der Waals surface area (Å²) in [5.74, 6) is 1.33. The van der Waals surface area contributed by atoms with E-state index in [2.05, 4.69) is 15.1 Å². The van der Waals surface area contributed by atoms with Crippen molar-refractivity contribution in [3.05, 3.63) is 39.9 Å². The Kier molecular flexibility index (Phi) is 5.05. The van der Waals surface area contributed by atoms with Crippen molar-refractivity contribution in [2.75, 3.05) is 26.7 Å². The normalized spacial score (nSPS) is 21.2. The molecular weight excluding hydrogens is 356 g/mol. The number of hydrogen-bond acceptors (Lipinski definition) is 5. The molecule has 0 bridgehead atoms. The molecule has 1 atom stereocenters. The van der Waals surface area contributed by atoms with Crippen molar-refractivity contribution in [1.82, 2.24) is 29.4 Å². The molecule has 0 spiro atoms. The van der Waals surface area contributed by atoms with Crippen LogP contribution in [-0.4, -0.2) is 68.0 Å². The summed E-state index contributed by atoms with van der Waals surface area (Å²) >= 11 is 0. The van der Waals surface area contributed by atoms with Gasteiger partial charge in [-0.15, -0.1) is 5.10 Å². The fourth-order valence-electron chi connectivity index (χ4n) is 4.30. The number of aromatic nitrogens is 4. The summed E-state index contributed by atoms with van der Waals surface area (Å²) in [6.07, 6.45) is 2.74. The predicted octanol–water partition coefficient (Wildman–Crippen LogP) is 0.989. The molecule has 4 rings (SSSR count). The number of nitrogens with zero attached hydrogens (tertiary/aromatic N) is 6. The van der Waals surface area contributed by atoms with Crippen molar-refractivity contribution in [2.45, 2.75) is 45.7 Å². The highest BCUT2D eigenvalue weighted by Crippen LogP contribution is 2.22. The van der Waals surface area contributed by atoms with Crippen LogP contribution in [0.15, 0.2) is 23.0 Å². The summed E-state index contributed by atoms with van der Waals surface area (Å²) in [6, 6.07) is 5.60. The van der Waals surface area contributed by atoms with Crippen LogP contribution in [0.5, 0.6) is 0 Å². The summed E-state index contributed by atoms with van der Waals surface area (Å²) in [5, 5.41) is 8.99. The Balaban J connectivity index is 1.37. The van der Waals surface area contributed by atoms with Crippen LogP contribution in [0, 0.1) is 19.8 Å². The Hall–Kier alpha value is -2.48. The van der Waals surface area contributed by atoms with Gasteiger partial charge in [-0.1, -0.05) is 0 Å². The summed E-state index contributed by atoms with van der Waals surface area (Å²) in [7, 11) is 1.91. The van der Waals surface area contributed by atoms with Gasteiger partial charge in [0.1, 0.15) is 0 Å². The molecule has 0 saturated carbocycles. The second kappa shape index (κ2) is 7.50. The third kappa shape index (κ3) is 3.73. The topological polar surface area (TPSA) is 76.3 Å². The summed E-state index contributed by atoms with van der Waals surface area (Å²) in [5.41, 5.74) is 1.84. The first-order chi connectivity index (χ1) is 13.4. The molecule has 150 valence electrons. The molecule has 2 aromatic rings. The lowest BCUT2D eigenvalue weighted by Crippen LogP contribution is -2.55. The second-order valence-electron chi connectivity index (χ2n) is 8.19. The van der Waals surface area contributed by atoms with Crippen molar-refractivity contribution in [1.29, 1.82) is 0 Å². The lowest BCUT2D eigenvalue weighted by Gasteiger charge is -2.43. The molecule has 2 saturated heterocycles. The van der Waals surface area contributed by atoms with Gasteiger partial charge in [-0.05, 0) is 38.8 Å². The van der Waals surface area contributed by atoms with Crippen LogP contribution in [0.4, 0.5) is 0 Å². The van der Waals surface area contributed by atoms with Crippen molar-refractivity contribution in [3.63, 3.8) is 0 Å². The lowest BCUT2D eigenvalue weighted by atomic mass is 9.96. The summed E-state index contributed by atoms with van der Waals surface area (Å²) in [6.45, 7) is 7.34. The first-order valence-corrected chi connectivity index (χ1v) is 10.0. The smallest absolute Gasteiger partial charge is 0.266 e. The third-order valence-corrected chi connectivity index (χ3v) is 5.88. The zero-order chi connectivity index (χ0) is 19.8. The maximum Gasteiger partial charge on any atom is 0.266 e. The number of aryl methyl sites for hydroxylation is 2. The van der Waals surface area contributed by atoms with E-state index in [-0.39, 0.29) is 11.5 Å². The SMILES string of the molecule is Cc1cc(C)n(-c2ccc(=O)n(CC3CN(CC4CCCC(=O)N4C)C3)n2)n1. The minimum atomic E-state index is -0.0821. The average Bonchev–Trinajstić information content (AvgIpc) is 2.96. The molecule has 28 heavy (non-hydrogen) atoms. The van der Waals surface area contributed by atoms with Gasteiger partial charge in [-0.3, -0.25) is 9.59 Å². The zero-order valence-corrected chi connectivity index (χ0v) is 16.8. The number of likely N-dealkylation sites (tertiary alicyclic amines) is 2. The van der Waals surface area contributed by atoms with Crippen LogP contribution >= 0.6 is 0 Å². The van der Waals surface area contributed by atoms with Crippen LogP contribution in [-0.2, 0) is 11.3 Å². The van der Waals surface area contributed by atoms with Crippen LogP contribution in [0.2, 0.25) is 0 Å². The van der Waals surface area contributed by atoms with Crippen LogP contribution in [0.25, 0.3) is 5.82 Å². The van der Waals surface area contributed by atoms with Crippen LogP contribution in [0.3, 0.4) is 0 Å². The molecule has 8 nitrogen and oxygen atoms in total. The molecule has 0 N–H and O–H groups in total. The number of carbonyl (C=O) groups is 1. The van der Waals surface area contributed by atoms with Crippen molar-refractivity contribution in [3.8, 4) is 5.82 Å². The first kappa shape index (κ1) is 18.9. The van der Waals surface area contributed by atoms with Gasteiger partial charge < -0.3 is 9.80 Å². The highest BCUT2D eigenvalue weighted by Gasteiger charge is 2.32. The monoisotopic (exact) mass is 384 g/mol. The van der Waals surface area contributed by atoms with E-state index in [1.165, 1.54) is 0 Å². The first-order valence-electron chi connectivity index (χ1n) is 10.0. The zero-order valence-electron chi connectivity index (χ0n) is 16.8. The summed E-state index contributed by atoms with van der Waals surface area (Å²) < 4.78 is 3.33. The average molecular weight is 384 g/mol. The third-order valence-electron chi connectivity index (χ3n) is 5.88. The maximum atomic E-state index is 12.3. The fraction of sp³-hybridized carbons (Fsp3) is 0.600. The van der Waals surface area contributed by atoms with Crippen molar-refractivity contribution in [2.24, 2.45) is 5.92 Å². The van der Waals surface area contributed by atoms with Crippen molar-refractivity contribution < 1.29 is 4.79 Å². The number of piperidine rings is 1. The number of hydrogen-bond donors (Lipinski definition) is 0. The van der Waals surface area contributed by atoms with Gasteiger partial charge in [0.05, 0.1) is 12.2 Å². The Morgan fingerprint density at radius 3 is 2.61 bits per heavy atom.